The minimum atomic E-state index is 0.842. The Kier molecular flexibility index (Phi) is 2.60. The van der Waals surface area contributed by atoms with Crippen molar-refractivity contribution >= 4 is 5.65 Å². The van der Waals surface area contributed by atoms with Gasteiger partial charge in [-0.25, -0.2) is 4.52 Å². The summed E-state index contributed by atoms with van der Waals surface area (Å²) >= 11 is 0. The van der Waals surface area contributed by atoms with Crippen molar-refractivity contribution in [2.24, 2.45) is 0 Å². The lowest BCUT2D eigenvalue weighted by Crippen LogP contribution is -1.88. The number of hydrogen-bond acceptors (Lipinski definition) is 2. The molecule has 0 unspecified atom stereocenters. The van der Waals surface area contributed by atoms with E-state index in [1.165, 1.54) is 11.1 Å². The largest absolute Gasteiger partial charge is 0.290 e. The van der Waals surface area contributed by atoms with E-state index in [-0.39, 0.29) is 0 Å². The lowest BCUT2D eigenvalue weighted by Gasteiger charge is -2.03. The maximum absolute atomic E-state index is 4.11. The second kappa shape index (κ2) is 4.59. The normalized spacial score (nSPS) is 11.1. The van der Waals surface area contributed by atoms with E-state index in [1.807, 2.05) is 23.6 Å². The number of hydrogen-bond donors (Lipinski definition) is 1. The molecule has 4 nitrogen and oxygen atoms in total. The number of nitrogens with zero attached hydrogens (tertiary/aromatic N) is 3. The molecule has 0 spiro atoms. The zero-order valence-corrected chi connectivity index (χ0v) is 11.6. The van der Waals surface area contributed by atoms with E-state index in [1.54, 1.807) is 0 Å². The number of H-pyrrole nitrogens is 1. The number of rotatable bonds is 2. The van der Waals surface area contributed by atoms with Gasteiger partial charge in [-0.2, -0.15) is 0 Å². The molecule has 2 heterocycles. The van der Waals surface area contributed by atoms with Crippen LogP contribution in [0.5, 0.6) is 0 Å². The summed E-state index contributed by atoms with van der Waals surface area (Å²) in [6, 6.07) is 20.9. The highest BCUT2D eigenvalue weighted by molar-refractivity contribution is 5.70. The second-order valence-corrected chi connectivity index (χ2v) is 5.05. The SMILES string of the molecule is Cc1nnc2cc(-c3ccc(-c4ccccc4)cc3)[nH]n12. The van der Waals surface area contributed by atoms with Crippen LogP contribution in [0.15, 0.2) is 60.7 Å². The molecule has 4 aromatic rings. The molecule has 102 valence electrons. The van der Waals surface area contributed by atoms with E-state index >= 15 is 0 Å². The minimum Gasteiger partial charge on any atom is -0.290 e. The van der Waals surface area contributed by atoms with Crippen LogP contribution in [0, 0.1) is 6.92 Å². The standard InChI is InChI=1S/C17H14N4/c1-12-18-19-17-11-16(20-21(12)17)15-9-7-14(8-10-15)13-5-3-2-4-6-13/h2-11,20H,1H3. The number of benzene rings is 2. The zero-order valence-electron chi connectivity index (χ0n) is 11.6. The van der Waals surface area contributed by atoms with Gasteiger partial charge in [0, 0.05) is 6.07 Å². The molecule has 0 saturated heterocycles. The number of nitrogens with one attached hydrogen (secondary N) is 1. The molecule has 0 amide bonds. The number of fused-ring (bicyclic) bond motifs is 1. The molecule has 2 aromatic heterocycles. The molecule has 2 aromatic carbocycles. The summed E-state index contributed by atoms with van der Waals surface area (Å²) in [7, 11) is 0. The van der Waals surface area contributed by atoms with E-state index in [0.717, 1.165) is 22.7 Å². The number of aromatic amines is 1. The van der Waals surface area contributed by atoms with E-state index in [2.05, 4.69) is 63.8 Å². The van der Waals surface area contributed by atoms with Crippen molar-refractivity contribution in [3.05, 3.63) is 66.5 Å². The van der Waals surface area contributed by atoms with Crippen LogP contribution in [0.4, 0.5) is 0 Å². The molecule has 0 aliphatic rings. The van der Waals surface area contributed by atoms with Crippen LogP contribution in [-0.2, 0) is 0 Å². The first kappa shape index (κ1) is 11.9. The third-order valence-electron chi connectivity index (χ3n) is 3.66. The third-order valence-corrected chi connectivity index (χ3v) is 3.66. The van der Waals surface area contributed by atoms with Crippen LogP contribution < -0.4 is 0 Å². The summed E-state index contributed by atoms with van der Waals surface area (Å²) < 4.78 is 1.89. The molecule has 0 fully saturated rings. The fourth-order valence-corrected chi connectivity index (χ4v) is 2.51. The van der Waals surface area contributed by atoms with Gasteiger partial charge in [0.1, 0.15) is 5.82 Å². The fourth-order valence-electron chi connectivity index (χ4n) is 2.51. The lowest BCUT2D eigenvalue weighted by molar-refractivity contribution is 0.897. The predicted molar refractivity (Wildman–Crippen MR) is 82.9 cm³/mol. The second-order valence-electron chi connectivity index (χ2n) is 5.05. The summed E-state index contributed by atoms with van der Waals surface area (Å²) in [5, 5.41) is 11.4. The Morgan fingerprint density at radius 3 is 2.19 bits per heavy atom. The van der Waals surface area contributed by atoms with Crippen LogP contribution in [0.3, 0.4) is 0 Å². The molecule has 0 saturated carbocycles. The third kappa shape index (κ3) is 2.01. The molecule has 0 aliphatic heterocycles. The Hall–Kier alpha value is -2.88. The highest BCUT2D eigenvalue weighted by Gasteiger charge is 2.07. The molecule has 0 aliphatic carbocycles. The highest BCUT2D eigenvalue weighted by atomic mass is 15.4. The molecular weight excluding hydrogens is 260 g/mol. The highest BCUT2D eigenvalue weighted by Crippen LogP contribution is 2.24. The Labute approximate surface area is 122 Å². The molecule has 0 radical (unpaired) electrons. The molecular formula is C17H14N4. The van der Waals surface area contributed by atoms with Crippen molar-refractivity contribution in [3.63, 3.8) is 0 Å². The maximum Gasteiger partial charge on any atom is 0.177 e. The van der Waals surface area contributed by atoms with Gasteiger partial charge in [0.2, 0.25) is 0 Å². The van der Waals surface area contributed by atoms with Gasteiger partial charge in [-0.15, -0.1) is 10.2 Å². The average Bonchev–Trinajstić information content (AvgIpc) is 3.11. The summed E-state index contributed by atoms with van der Waals surface area (Å²) in [4.78, 5) is 0. The molecule has 0 atom stereocenters. The Morgan fingerprint density at radius 2 is 1.48 bits per heavy atom. The van der Waals surface area contributed by atoms with Gasteiger partial charge in [0.15, 0.2) is 5.65 Å². The van der Waals surface area contributed by atoms with Gasteiger partial charge in [-0.3, -0.25) is 5.10 Å². The summed E-state index contributed by atoms with van der Waals surface area (Å²) in [6.45, 7) is 1.93. The van der Waals surface area contributed by atoms with E-state index < -0.39 is 0 Å². The topological polar surface area (TPSA) is 46.0 Å². The van der Waals surface area contributed by atoms with Crippen molar-refractivity contribution in [2.45, 2.75) is 6.92 Å². The fraction of sp³-hybridized carbons (Fsp3) is 0.0588. The summed E-state index contributed by atoms with van der Waals surface area (Å²) in [5.41, 5.74) is 5.47. The molecule has 4 heteroatoms. The van der Waals surface area contributed by atoms with Gasteiger partial charge in [-0.05, 0) is 23.6 Å². The van der Waals surface area contributed by atoms with Crippen molar-refractivity contribution in [2.75, 3.05) is 0 Å². The number of aryl methyl sites for hydroxylation is 1. The first-order valence-corrected chi connectivity index (χ1v) is 6.88. The molecule has 1 N–H and O–H groups in total. The maximum atomic E-state index is 4.11. The number of aromatic nitrogens is 4. The van der Waals surface area contributed by atoms with Crippen molar-refractivity contribution < 1.29 is 0 Å². The van der Waals surface area contributed by atoms with E-state index in [0.29, 0.717) is 0 Å². The zero-order chi connectivity index (χ0) is 14.2. The van der Waals surface area contributed by atoms with Crippen molar-refractivity contribution in [3.8, 4) is 22.4 Å². The van der Waals surface area contributed by atoms with Crippen LogP contribution in [0.2, 0.25) is 0 Å². The Bertz CT molecular complexity index is 886. The monoisotopic (exact) mass is 274 g/mol. The summed E-state index contributed by atoms with van der Waals surface area (Å²) in [5.74, 6) is 0.858. The first-order chi connectivity index (χ1) is 10.3. The van der Waals surface area contributed by atoms with Crippen molar-refractivity contribution in [1.82, 2.24) is 19.8 Å². The van der Waals surface area contributed by atoms with Gasteiger partial charge >= 0.3 is 0 Å². The summed E-state index contributed by atoms with van der Waals surface area (Å²) in [6.07, 6.45) is 0. The van der Waals surface area contributed by atoms with Crippen LogP contribution in [0.25, 0.3) is 28.0 Å². The first-order valence-electron chi connectivity index (χ1n) is 6.88. The molecule has 4 rings (SSSR count). The van der Waals surface area contributed by atoms with Crippen LogP contribution >= 0.6 is 0 Å². The van der Waals surface area contributed by atoms with E-state index in [9.17, 15) is 0 Å². The lowest BCUT2D eigenvalue weighted by atomic mass is 10.0. The minimum absolute atomic E-state index is 0.842. The van der Waals surface area contributed by atoms with Crippen molar-refractivity contribution in [1.29, 1.82) is 0 Å². The average molecular weight is 274 g/mol. The Morgan fingerprint density at radius 1 is 0.810 bits per heavy atom. The van der Waals surface area contributed by atoms with Gasteiger partial charge < -0.3 is 0 Å². The van der Waals surface area contributed by atoms with Gasteiger partial charge in [0.25, 0.3) is 0 Å². The molecule has 21 heavy (non-hydrogen) atoms. The smallest absolute Gasteiger partial charge is 0.177 e. The van der Waals surface area contributed by atoms with E-state index in [4.69, 9.17) is 0 Å². The quantitative estimate of drug-likeness (QED) is 0.606. The molecule has 0 bridgehead atoms. The van der Waals surface area contributed by atoms with Gasteiger partial charge in [-0.1, -0.05) is 54.6 Å². The predicted octanol–water partition coefficient (Wildman–Crippen LogP) is 3.70. The van der Waals surface area contributed by atoms with Crippen LogP contribution in [-0.4, -0.2) is 19.8 Å². The van der Waals surface area contributed by atoms with Gasteiger partial charge in [0.05, 0.1) is 5.69 Å². The van der Waals surface area contributed by atoms with Crippen LogP contribution in [0.1, 0.15) is 5.82 Å². The Balaban J connectivity index is 1.73.